The molecule has 0 saturated heterocycles. The highest BCUT2D eigenvalue weighted by atomic mass is 16.7. The van der Waals surface area contributed by atoms with Crippen LogP contribution in [0.5, 0.6) is 0 Å². The lowest BCUT2D eigenvalue weighted by Gasteiger charge is -2.19. The molecule has 0 atom stereocenters. The molecule has 0 radical (unpaired) electrons. The van der Waals surface area contributed by atoms with E-state index >= 15 is 0 Å². The van der Waals surface area contributed by atoms with Gasteiger partial charge in [-0.05, 0) is 44.9 Å². The molecule has 0 aromatic rings. The summed E-state index contributed by atoms with van der Waals surface area (Å²) < 4.78 is 12.2. The molecule has 0 spiro atoms. The van der Waals surface area contributed by atoms with Gasteiger partial charge in [0.25, 0.3) is 0 Å². The van der Waals surface area contributed by atoms with E-state index in [2.05, 4.69) is 26.0 Å². The lowest BCUT2D eigenvalue weighted by molar-refractivity contribution is -0.148. The third-order valence-electron chi connectivity index (χ3n) is 6.13. The van der Waals surface area contributed by atoms with E-state index in [1.165, 1.54) is 122 Å². The molecule has 0 aliphatic rings. The topological polar surface area (TPSA) is 38.7 Å². The van der Waals surface area contributed by atoms with Crippen molar-refractivity contribution in [2.24, 2.45) is 0 Å². The average molecular weight is 455 g/mol. The van der Waals surface area contributed by atoms with Crippen molar-refractivity contribution in [2.75, 3.05) is 19.8 Å². The molecule has 0 aliphatic heterocycles. The summed E-state index contributed by atoms with van der Waals surface area (Å²) in [5.41, 5.74) is 0. The van der Waals surface area contributed by atoms with Crippen LogP contribution in [0.3, 0.4) is 0 Å². The Morgan fingerprint density at radius 3 is 1.47 bits per heavy atom. The smallest absolute Gasteiger partial charge is 0.157 e. The highest BCUT2D eigenvalue weighted by Crippen LogP contribution is 2.15. The van der Waals surface area contributed by atoms with Gasteiger partial charge in [-0.2, -0.15) is 0 Å². The molecular formula is C29H58O3. The van der Waals surface area contributed by atoms with E-state index in [1.807, 2.05) is 0 Å². The van der Waals surface area contributed by atoms with Crippen LogP contribution in [-0.2, 0) is 9.47 Å². The van der Waals surface area contributed by atoms with E-state index in [9.17, 15) is 0 Å². The van der Waals surface area contributed by atoms with Crippen LogP contribution in [-0.4, -0.2) is 31.2 Å². The number of rotatable bonds is 27. The zero-order valence-corrected chi connectivity index (χ0v) is 22.0. The summed E-state index contributed by atoms with van der Waals surface area (Å²) >= 11 is 0. The number of hydrogen-bond acceptors (Lipinski definition) is 3. The van der Waals surface area contributed by atoms with Crippen LogP contribution in [0.25, 0.3) is 0 Å². The largest absolute Gasteiger partial charge is 0.396 e. The van der Waals surface area contributed by atoms with Crippen molar-refractivity contribution >= 4 is 0 Å². The second kappa shape index (κ2) is 28.7. The summed E-state index contributed by atoms with van der Waals surface area (Å²) in [6.07, 6.45) is 30.9. The van der Waals surface area contributed by atoms with Crippen LogP contribution < -0.4 is 0 Å². The van der Waals surface area contributed by atoms with Gasteiger partial charge in [-0.25, -0.2) is 0 Å². The van der Waals surface area contributed by atoms with Gasteiger partial charge in [-0.1, -0.05) is 116 Å². The molecule has 0 rings (SSSR count). The molecule has 0 aromatic heterocycles. The van der Waals surface area contributed by atoms with Crippen molar-refractivity contribution in [3.63, 3.8) is 0 Å². The predicted octanol–water partition coefficient (Wildman–Crippen LogP) is 9.13. The van der Waals surface area contributed by atoms with Gasteiger partial charge in [0.2, 0.25) is 0 Å². The van der Waals surface area contributed by atoms with Crippen LogP contribution in [0.4, 0.5) is 0 Å². The van der Waals surface area contributed by atoms with Crippen molar-refractivity contribution < 1.29 is 14.6 Å². The lowest BCUT2D eigenvalue weighted by Crippen LogP contribution is -2.19. The molecule has 32 heavy (non-hydrogen) atoms. The molecular weight excluding hydrogens is 396 g/mol. The minimum atomic E-state index is 0.0248. The van der Waals surface area contributed by atoms with Crippen molar-refractivity contribution in [2.45, 2.75) is 155 Å². The minimum Gasteiger partial charge on any atom is -0.396 e. The van der Waals surface area contributed by atoms with Gasteiger partial charge in [0.1, 0.15) is 0 Å². The highest BCUT2D eigenvalue weighted by Gasteiger charge is 2.09. The Bertz CT molecular complexity index is 342. The van der Waals surface area contributed by atoms with E-state index in [0.717, 1.165) is 26.1 Å². The van der Waals surface area contributed by atoms with Crippen LogP contribution >= 0.6 is 0 Å². The van der Waals surface area contributed by atoms with Crippen LogP contribution in [0, 0.1) is 0 Å². The van der Waals surface area contributed by atoms with Gasteiger partial charge < -0.3 is 14.6 Å². The molecule has 0 fully saturated rings. The van der Waals surface area contributed by atoms with E-state index in [1.54, 1.807) is 0 Å². The third kappa shape index (κ3) is 25.9. The summed E-state index contributed by atoms with van der Waals surface area (Å²) in [7, 11) is 0. The van der Waals surface area contributed by atoms with Crippen molar-refractivity contribution in [1.82, 2.24) is 0 Å². The Balaban J connectivity index is 3.60. The lowest BCUT2D eigenvalue weighted by atomic mass is 10.0. The zero-order valence-electron chi connectivity index (χ0n) is 22.0. The maximum absolute atomic E-state index is 8.73. The summed E-state index contributed by atoms with van der Waals surface area (Å²) in [5, 5.41) is 8.73. The van der Waals surface area contributed by atoms with Crippen LogP contribution in [0.1, 0.15) is 149 Å². The fourth-order valence-corrected chi connectivity index (χ4v) is 4.00. The summed E-state index contributed by atoms with van der Waals surface area (Å²) in [6, 6.07) is 0. The second-order valence-electron chi connectivity index (χ2n) is 9.39. The molecule has 0 aliphatic carbocycles. The SMILES string of the molecule is CCCCCCOC(CCCCCCCCCCCC/C=C\CCO)OCCCCCC. The second-order valence-corrected chi connectivity index (χ2v) is 9.39. The van der Waals surface area contributed by atoms with Gasteiger partial charge in [0.05, 0.1) is 0 Å². The number of ether oxygens (including phenoxy) is 2. The van der Waals surface area contributed by atoms with Gasteiger partial charge in [-0.15, -0.1) is 0 Å². The number of aliphatic hydroxyl groups is 1. The number of hydrogen-bond donors (Lipinski definition) is 1. The van der Waals surface area contributed by atoms with Gasteiger partial charge in [0, 0.05) is 19.8 Å². The quantitative estimate of drug-likeness (QED) is 0.0763. The maximum Gasteiger partial charge on any atom is 0.157 e. The van der Waals surface area contributed by atoms with Gasteiger partial charge in [-0.3, -0.25) is 0 Å². The minimum absolute atomic E-state index is 0.0248. The Hall–Kier alpha value is -0.380. The molecule has 192 valence electrons. The van der Waals surface area contributed by atoms with Gasteiger partial charge in [0.15, 0.2) is 6.29 Å². The van der Waals surface area contributed by atoms with Crippen molar-refractivity contribution in [1.29, 1.82) is 0 Å². The van der Waals surface area contributed by atoms with E-state index in [4.69, 9.17) is 14.6 Å². The number of aliphatic hydroxyl groups excluding tert-OH is 1. The number of unbranched alkanes of at least 4 members (excludes halogenated alkanes) is 16. The molecule has 1 N–H and O–H groups in total. The summed E-state index contributed by atoms with van der Waals surface area (Å²) in [4.78, 5) is 0. The van der Waals surface area contributed by atoms with Crippen molar-refractivity contribution in [3.8, 4) is 0 Å². The first-order valence-corrected chi connectivity index (χ1v) is 14.3. The molecule has 0 aromatic carbocycles. The molecule has 0 unspecified atom stereocenters. The third-order valence-corrected chi connectivity index (χ3v) is 6.13. The normalized spacial score (nSPS) is 11.9. The number of allylic oxidation sites excluding steroid dienone is 1. The fraction of sp³-hybridized carbons (Fsp3) is 0.931. The Morgan fingerprint density at radius 1 is 0.531 bits per heavy atom. The van der Waals surface area contributed by atoms with Crippen molar-refractivity contribution in [3.05, 3.63) is 12.2 Å². The first-order chi connectivity index (χ1) is 15.8. The Kier molecular flexibility index (Phi) is 28.3. The maximum atomic E-state index is 8.73. The Morgan fingerprint density at radius 2 is 0.969 bits per heavy atom. The average Bonchev–Trinajstić information content (AvgIpc) is 2.80. The van der Waals surface area contributed by atoms with E-state index in [0.29, 0.717) is 0 Å². The molecule has 3 nitrogen and oxygen atoms in total. The Labute approximate surface area is 201 Å². The summed E-state index contributed by atoms with van der Waals surface area (Å²) in [6.45, 7) is 6.50. The molecule has 3 heteroatoms. The summed E-state index contributed by atoms with van der Waals surface area (Å²) in [5.74, 6) is 0. The zero-order chi connectivity index (χ0) is 23.4. The van der Waals surface area contributed by atoms with Gasteiger partial charge >= 0.3 is 0 Å². The molecule has 0 bridgehead atoms. The van der Waals surface area contributed by atoms with Crippen LogP contribution in [0.15, 0.2) is 12.2 Å². The molecule has 0 amide bonds. The monoisotopic (exact) mass is 454 g/mol. The first-order valence-electron chi connectivity index (χ1n) is 14.3. The van der Waals surface area contributed by atoms with E-state index in [-0.39, 0.29) is 12.9 Å². The fourth-order valence-electron chi connectivity index (χ4n) is 4.00. The molecule has 0 saturated carbocycles. The standard InChI is InChI=1S/C29H58O3/c1-3-5-7-23-27-31-29(32-28-24-8-6-4-2)25-21-19-17-15-13-11-9-10-12-14-16-18-20-22-26-30/h18,20,29-30H,3-17,19,21-28H2,1-2H3/b20-18-. The highest BCUT2D eigenvalue weighted by molar-refractivity contribution is 4.80. The van der Waals surface area contributed by atoms with Crippen LogP contribution in [0.2, 0.25) is 0 Å². The predicted molar refractivity (Wildman–Crippen MR) is 140 cm³/mol. The molecule has 0 heterocycles. The first kappa shape index (κ1) is 31.6. The van der Waals surface area contributed by atoms with E-state index < -0.39 is 0 Å².